The second-order valence-corrected chi connectivity index (χ2v) is 5.25. The molecule has 1 unspecified atom stereocenters. The second-order valence-electron chi connectivity index (χ2n) is 5.25. The Kier molecular flexibility index (Phi) is 5.99. The Bertz CT molecular complexity index is 245. The normalized spacial score (nSPS) is 23.5. The Morgan fingerprint density at radius 2 is 2.24 bits per heavy atom. The van der Waals surface area contributed by atoms with Gasteiger partial charge in [-0.3, -0.25) is 4.79 Å². The van der Waals surface area contributed by atoms with E-state index in [0.29, 0.717) is 18.9 Å². The molecule has 0 aromatic heterocycles. The summed E-state index contributed by atoms with van der Waals surface area (Å²) in [7, 11) is 2.11. The summed E-state index contributed by atoms with van der Waals surface area (Å²) in [6, 6.07) is 0.475. The number of hydrogen-bond acceptors (Lipinski definition) is 3. The first-order valence-corrected chi connectivity index (χ1v) is 6.84. The van der Waals surface area contributed by atoms with Crippen LogP contribution in [0.4, 0.5) is 0 Å². The minimum Gasteiger partial charge on any atom is -0.480 e. The fourth-order valence-electron chi connectivity index (χ4n) is 2.46. The molecule has 98 valence electrons. The zero-order valence-corrected chi connectivity index (χ0v) is 10.9. The van der Waals surface area contributed by atoms with Gasteiger partial charge in [0.15, 0.2) is 0 Å². The van der Waals surface area contributed by atoms with E-state index in [2.05, 4.69) is 13.2 Å². The molecule has 0 radical (unpaired) electrons. The van der Waals surface area contributed by atoms with E-state index in [1.807, 2.05) is 0 Å². The maximum atomic E-state index is 11.3. The first-order chi connectivity index (χ1) is 8.08. The van der Waals surface area contributed by atoms with Gasteiger partial charge < -0.3 is 16.2 Å². The fourth-order valence-corrected chi connectivity index (χ4v) is 2.46. The lowest BCUT2D eigenvalue weighted by Gasteiger charge is -2.26. The predicted molar refractivity (Wildman–Crippen MR) is 72.0 cm³/mol. The summed E-state index contributed by atoms with van der Waals surface area (Å²) in [5, 5.41) is 12.6. The molecule has 1 aliphatic heterocycles. The van der Waals surface area contributed by atoms with Gasteiger partial charge in [-0.25, -0.2) is 0 Å². The minimum atomic E-state index is -1.01. The van der Waals surface area contributed by atoms with Crippen molar-refractivity contribution < 1.29 is 9.90 Å². The molecule has 1 fully saturated rings. The number of nitrogens with two attached hydrogens (primary N) is 1. The van der Waals surface area contributed by atoms with Gasteiger partial charge in [-0.15, -0.1) is 0 Å². The van der Waals surface area contributed by atoms with Crippen molar-refractivity contribution in [1.29, 1.82) is 0 Å². The van der Waals surface area contributed by atoms with Crippen LogP contribution in [-0.4, -0.2) is 37.0 Å². The van der Waals surface area contributed by atoms with Gasteiger partial charge >= 0.3 is 5.97 Å². The lowest BCUT2D eigenvalue weighted by Crippen LogP contribution is -2.48. The molecule has 4 nitrogen and oxygen atoms in total. The van der Waals surface area contributed by atoms with Crippen molar-refractivity contribution >= 4 is 13.8 Å². The number of nitrogens with one attached hydrogen (secondary N) is 1. The Hall–Kier alpha value is -0.545. The van der Waals surface area contributed by atoms with E-state index in [9.17, 15) is 9.90 Å². The molecular formula is C12H25BN2O2. The maximum Gasteiger partial charge on any atom is 0.323 e. The van der Waals surface area contributed by atoms with E-state index in [4.69, 9.17) is 5.73 Å². The van der Waals surface area contributed by atoms with E-state index < -0.39 is 11.5 Å². The summed E-state index contributed by atoms with van der Waals surface area (Å²) >= 11 is 0. The second kappa shape index (κ2) is 7.02. The van der Waals surface area contributed by atoms with Gasteiger partial charge in [-0.05, 0) is 38.6 Å². The molecule has 0 bridgehead atoms. The van der Waals surface area contributed by atoms with Crippen molar-refractivity contribution in [2.24, 2.45) is 5.73 Å². The van der Waals surface area contributed by atoms with Crippen LogP contribution in [0.5, 0.6) is 0 Å². The molecular weight excluding hydrogens is 215 g/mol. The third kappa shape index (κ3) is 4.68. The molecule has 0 amide bonds. The topological polar surface area (TPSA) is 75.3 Å². The van der Waals surface area contributed by atoms with Crippen molar-refractivity contribution in [1.82, 2.24) is 5.32 Å². The number of carboxylic acids is 1. The summed E-state index contributed by atoms with van der Waals surface area (Å²) in [6.07, 6.45) is 7.50. The van der Waals surface area contributed by atoms with Crippen molar-refractivity contribution in [3.8, 4) is 0 Å². The van der Waals surface area contributed by atoms with Crippen molar-refractivity contribution in [3.05, 3.63) is 0 Å². The van der Waals surface area contributed by atoms with Gasteiger partial charge in [0.25, 0.3) is 0 Å². The number of aliphatic carboxylic acids is 1. The minimum absolute atomic E-state index is 0.475. The van der Waals surface area contributed by atoms with Crippen LogP contribution in [0.25, 0.3) is 0 Å². The highest BCUT2D eigenvalue weighted by Gasteiger charge is 2.33. The highest BCUT2D eigenvalue weighted by molar-refractivity contribution is 6.08. The summed E-state index contributed by atoms with van der Waals surface area (Å²) in [5.41, 5.74) is 5.02. The van der Waals surface area contributed by atoms with Gasteiger partial charge in [0.05, 0.1) is 0 Å². The SMILES string of the molecule is BCCCCC(N)(CC[C@@H]1CCCN1)C(=O)O. The van der Waals surface area contributed by atoms with Crippen molar-refractivity contribution in [2.75, 3.05) is 6.54 Å². The molecule has 0 aromatic rings. The van der Waals surface area contributed by atoms with Crippen LogP contribution < -0.4 is 11.1 Å². The van der Waals surface area contributed by atoms with Crippen LogP contribution in [0.15, 0.2) is 0 Å². The Morgan fingerprint density at radius 3 is 2.76 bits per heavy atom. The third-order valence-corrected chi connectivity index (χ3v) is 3.75. The Morgan fingerprint density at radius 1 is 1.47 bits per heavy atom. The fraction of sp³-hybridized carbons (Fsp3) is 0.917. The van der Waals surface area contributed by atoms with Crippen LogP contribution >= 0.6 is 0 Å². The average molecular weight is 240 g/mol. The van der Waals surface area contributed by atoms with Gasteiger partial charge in [0.1, 0.15) is 13.4 Å². The first-order valence-electron chi connectivity index (χ1n) is 6.84. The maximum absolute atomic E-state index is 11.3. The summed E-state index contributed by atoms with van der Waals surface area (Å²) in [6.45, 7) is 1.06. The number of unbranched alkanes of at least 4 members (excludes halogenated alkanes) is 1. The third-order valence-electron chi connectivity index (χ3n) is 3.75. The molecule has 1 aliphatic rings. The highest BCUT2D eigenvalue weighted by Crippen LogP contribution is 2.22. The Balaban J connectivity index is 2.37. The summed E-state index contributed by atoms with van der Waals surface area (Å²) < 4.78 is 0. The molecule has 17 heavy (non-hydrogen) atoms. The lowest BCUT2D eigenvalue weighted by molar-refractivity contribution is -0.144. The van der Waals surface area contributed by atoms with Gasteiger partial charge in [0.2, 0.25) is 0 Å². The van der Waals surface area contributed by atoms with Gasteiger partial charge in [0, 0.05) is 6.04 Å². The summed E-state index contributed by atoms with van der Waals surface area (Å²) in [4.78, 5) is 11.3. The molecule has 2 atom stereocenters. The quantitative estimate of drug-likeness (QED) is 0.427. The van der Waals surface area contributed by atoms with E-state index in [1.165, 1.54) is 6.42 Å². The van der Waals surface area contributed by atoms with E-state index in [-0.39, 0.29) is 0 Å². The zero-order valence-electron chi connectivity index (χ0n) is 10.9. The smallest absolute Gasteiger partial charge is 0.323 e. The standard InChI is InChI=1S/C12H25BN2O2/c13-8-2-1-6-12(14,11(16)17)7-5-10-4-3-9-15-10/h10,15H,1-9,13-14H2,(H,16,17)/t10-,12?/m0/s1. The monoisotopic (exact) mass is 240 g/mol. The molecule has 0 aliphatic carbocycles. The highest BCUT2D eigenvalue weighted by atomic mass is 16.4. The summed E-state index contributed by atoms with van der Waals surface area (Å²) in [5.74, 6) is -0.841. The van der Waals surface area contributed by atoms with E-state index in [1.54, 1.807) is 0 Å². The molecule has 0 aromatic carbocycles. The number of hydrogen-bond donors (Lipinski definition) is 3. The van der Waals surface area contributed by atoms with Gasteiger partial charge in [-0.1, -0.05) is 19.2 Å². The van der Waals surface area contributed by atoms with Crippen LogP contribution in [-0.2, 0) is 4.79 Å². The van der Waals surface area contributed by atoms with Crippen LogP contribution in [0.2, 0.25) is 6.32 Å². The molecule has 1 rings (SSSR count). The van der Waals surface area contributed by atoms with Crippen LogP contribution in [0.3, 0.4) is 0 Å². The van der Waals surface area contributed by atoms with E-state index >= 15 is 0 Å². The van der Waals surface area contributed by atoms with Crippen molar-refractivity contribution in [2.45, 2.75) is 62.8 Å². The molecule has 1 heterocycles. The first kappa shape index (κ1) is 14.5. The van der Waals surface area contributed by atoms with E-state index in [0.717, 1.165) is 38.5 Å². The molecule has 0 saturated carbocycles. The van der Waals surface area contributed by atoms with Crippen molar-refractivity contribution in [3.63, 3.8) is 0 Å². The number of carbonyl (C=O) groups is 1. The largest absolute Gasteiger partial charge is 0.480 e. The molecule has 0 spiro atoms. The van der Waals surface area contributed by atoms with Crippen LogP contribution in [0.1, 0.15) is 44.9 Å². The number of rotatable bonds is 8. The lowest BCUT2D eigenvalue weighted by atomic mass is 9.85. The zero-order chi connectivity index (χ0) is 12.7. The van der Waals surface area contributed by atoms with Gasteiger partial charge in [-0.2, -0.15) is 0 Å². The molecule has 1 saturated heterocycles. The average Bonchev–Trinajstić information content (AvgIpc) is 2.79. The molecule has 4 N–H and O–H groups in total. The molecule has 5 heteroatoms. The van der Waals surface area contributed by atoms with Crippen LogP contribution in [0, 0.1) is 0 Å². The Labute approximate surface area is 105 Å². The predicted octanol–water partition coefficient (Wildman–Crippen LogP) is 0.522. The number of carboxylic acid groups (broad SMARTS) is 1.